The molecule has 2 amide bonds. The lowest BCUT2D eigenvalue weighted by Crippen LogP contribution is -2.36. The van der Waals surface area contributed by atoms with E-state index in [1.807, 2.05) is 6.07 Å². The van der Waals surface area contributed by atoms with E-state index in [0.29, 0.717) is 11.4 Å². The molecule has 0 heterocycles. The summed E-state index contributed by atoms with van der Waals surface area (Å²) < 4.78 is 5.00. The van der Waals surface area contributed by atoms with E-state index in [9.17, 15) is 4.79 Å². The lowest BCUT2D eigenvalue weighted by Gasteiger charge is -2.19. The summed E-state index contributed by atoms with van der Waals surface area (Å²) in [6.07, 6.45) is 0.245. The Morgan fingerprint density at radius 3 is 2.56 bits per heavy atom. The fraction of sp³-hybridized carbons (Fsp3) is 0.273. The first-order valence-electron chi connectivity index (χ1n) is 4.77. The van der Waals surface area contributed by atoms with Crippen LogP contribution in [0.4, 0.5) is 10.5 Å². The maximum Gasteiger partial charge on any atom is 0.319 e. The standard InChI is InChI=1S/C11H13N3O2/c1-16-10-5-3-9(4-6-10)14(11(13)15)8-2-7-12/h3-6H,2,8H2,1H3,(H2,13,15). The van der Waals surface area contributed by atoms with Gasteiger partial charge in [-0.05, 0) is 24.3 Å². The second-order valence-electron chi connectivity index (χ2n) is 3.10. The van der Waals surface area contributed by atoms with Crippen LogP contribution in [0.15, 0.2) is 24.3 Å². The molecule has 5 nitrogen and oxygen atoms in total. The third kappa shape index (κ3) is 2.89. The molecule has 1 aromatic rings. The maximum atomic E-state index is 11.2. The summed E-state index contributed by atoms with van der Waals surface area (Å²) in [4.78, 5) is 12.5. The lowest BCUT2D eigenvalue weighted by molar-refractivity contribution is 0.254. The van der Waals surface area contributed by atoms with E-state index in [4.69, 9.17) is 15.7 Å². The Kier molecular flexibility index (Phi) is 4.16. The number of carbonyl (C=O) groups excluding carboxylic acids is 1. The minimum absolute atomic E-state index is 0.245. The number of carbonyl (C=O) groups is 1. The molecule has 0 aliphatic heterocycles. The molecule has 1 rings (SSSR count). The number of methoxy groups -OCH3 is 1. The molecule has 0 unspecified atom stereocenters. The van der Waals surface area contributed by atoms with Gasteiger partial charge < -0.3 is 10.5 Å². The van der Waals surface area contributed by atoms with E-state index in [1.165, 1.54) is 4.90 Å². The normalized spacial score (nSPS) is 9.25. The molecule has 0 saturated heterocycles. The quantitative estimate of drug-likeness (QED) is 0.833. The van der Waals surface area contributed by atoms with E-state index >= 15 is 0 Å². The highest BCUT2D eigenvalue weighted by molar-refractivity contribution is 5.90. The highest BCUT2D eigenvalue weighted by Crippen LogP contribution is 2.19. The van der Waals surface area contributed by atoms with Crippen LogP contribution in [0.3, 0.4) is 0 Å². The van der Waals surface area contributed by atoms with Crippen molar-refractivity contribution in [1.29, 1.82) is 5.26 Å². The molecule has 0 aromatic heterocycles. The number of anilines is 1. The van der Waals surface area contributed by atoms with E-state index in [1.54, 1.807) is 31.4 Å². The Bertz CT molecular complexity index is 395. The second-order valence-corrected chi connectivity index (χ2v) is 3.10. The molecule has 0 aliphatic rings. The van der Waals surface area contributed by atoms with Crippen LogP contribution in [0, 0.1) is 11.3 Å². The fourth-order valence-electron chi connectivity index (χ4n) is 1.29. The first-order valence-corrected chi connectivity index (χ1v) is 4.77. The number of hydrogen-bond donors (Lipinski definition) is 1. The van der Waals surface area contributed by atoms with Crippen LogP contribution in [0.1, 0.15) is 6.42 Å². The average molecular weight is 219 g/mol. The molecule has 0 atom stereocenters. The van der Waals surface area contributed by atoms with Crippen molar-refractivity contribution in [1.82, 2.24) is 0 Å². The summed E-state index contributed by atoms with van der Waals surface area (Å²) in [7, 11) is 1.57. The van der Waals surface area contributed by atoms with Gasteiger partial charge in [0.15, 0.2) is 0 Å². The Morgan fingerprint density at radius 2 is 2.12 bits per heavy atom. The van der Waals surface area contributed by atoms with Gasteiger partial charge in [-0.2, -0.15) is 5.26 Å². The number of nitrogens with zero attached hydrogens (tertiary/aromatic N) is 2. The van der Waals surface area contributed by atoms with E-state index < -0.39 is 6.03 Å². The topological polar surface area (TPSA) is 79.3 Å². The Hall–Kier alpha value is -2.22. The van der Waals surface area contributed by atoms with Crippen LogP contribution in [-0.2, 0) is 0 Å². The van der Waals surface area contributed by atoms with Gasteiger partial charge in [-0.3, -0.25) is 4.90 Å². The third-order valence-corrected chi connectivity index (χ3v) is 2.10. The highest BCUT2D eigenvalue weighted by Gasteiger charge is 2.11. The number of amides is 2. The van der Waals surface area contributed by atoms with E-state index in [0.717, 1.165) is 0 Å². The molecular formula is C11H13N3O2. The van der Waals surface area contributed by atoms with Gasteiger partial charge >= 0.3 is 6.03 Å². The largest absolute Gasteiger partial charge is 0.497 e. The van der Waals surface area contributed by atoms with Crippen LogP contribution in [0.25, 0.3) is 0 Å². The molecule has 0 fully saturated rings. The van der Waals surface area contributed by atoms with Crippen molar-refractivity contribution in [3.8, 4) is 11.8 Å². The minimum Gasteiger partial charge on any atom is -0.497 e. The monoisotopic (exact) mass is 219 g/mol. The second kappa shape index (κ2) is 5.61. The van der Waals surface area contributed by atoms with Crippen molar-refractivity contribution in [3.05, 3.63) is 24.3 Å². The van der Waals surface area contributed by atoms with Crippen LogP contribution < -0.4 is 15.4 Å². The van der Waals surface area contributed by atoms with Crippen LogP contribution in [0.5, 0.6) is 5.75 Å². The summed E-state index contributed by atoms with van der Waals surface area (Å²) in [6.45, 7) is 0.290. The zero-order valence-corrected chi connectivity index (χ0v) is 9.01. The number of rotatable bonds is 4. The van der Waals surface area contributed by atoms with Gasteiger partial charge in [-0.1, -0.05) is 0 Å². The minimum atomic E-state index is -0.569. The molecule has 0 radical (unpaired) electrons. The van der Waals surface area contributed by atoms with Crippen LogP contribution in [0.2, 0.25) is 0 Å². The van der Waals surface area contributed by atoms with Crippen LogP contribution >= 0.6 is 0 Å². The first kappa shape index (κ1) is 11.9. The molecule has 2 N–H and O–H groups in total. The zero-order chi connectivity index (χ0) is 12.0. The number of nitriles is 1. The number of ether oxygens (including phenoxy) is 1. The first-order chi connectivity index (χ1) is 7.69. The summed E-state index contributed by atoms with van der Waals surface area (Å²) in [5, 5.41) is 8.48. The summed E-state index contributed by atoms with van der Waals surface area (Å²) in [6, 6.07) is 8.32. The number of benzene rings is 1. The Morgan fingerprint density at radius 1 is 1.50 bits per heavy atom. The number of nitrogens with two attached hydrogens (primary N) is 1. The highest BCUT2D eigenvalue weighted by atomic mass is 16.5. The molecule has 84 valence electrons. The van der Waals surface area contributed by atoms with E-state index in [2.05, 4.69) is 0 Å². The fourth-order valence-corrected chi connectivity index (χ4v) is 1.29. The SMILES string of the molecule is COc1ccc(N(CCC#N)C(N)=O)cc1. The van der Waals surface area contributed by atoms with Crippen molar-refractivity contribution in [2.45, 2.75) is 6.42 Å². The molecule has 0 bridgehead atoms. The van der Waals surface area contributed by atoms with Crippen molar-refractivity contribution in [2.24, 2.45) is 5.73 Å². The lowest BCUT2D eigenvalue weighted by atomic mass is 10.2. The summed E-state index contributed by atoms with van der Waals surface area (Å²) >= 11 is 0. The number of hydrogen-bond acceptors (Lipinski definition) is 3. The Balaban J connectivity index is 2.84. The van der Waals surface area contributed by atoms with Crippen molar-refractivity contribution < 1.29 is 9.53 Å². The summed E-state index contributed by atoms with van der Waals surface area (Å²) in [5.41, 5.74) is 5.88. The van der Waals surface area contributed by atoms with Gasteiger partial charge in [-0.25, -0.2) is 4.79 Å². The summed E-state index contributed by atoms with van der Waals surface area (Å²) in [5.74, 6) is 0.702. The molecule has 5 heteroatoms. The van der Waals surface area contributed by atoms with Gasteiger partial charge in [-0.15, -0.1) is 0 Å². The molecule has 0 aliphatic carbocycles. The number of urea groups is 1. The van der Waals surface area contributed by atoms with Gasteiger partial charge in [0.25, 0.3) is 0 Å². The van der Waals surface area contributed by atoms with Crippen molar-refractivity contribution in [3.63, 3.8) is 0 Å². The average Bonchev–Trinajstić information content (AvgIpc) is 2.30. The third-order valence-electron chi connectivity index (χ3n) is 2.10. The zero-order valence-electron chi connectivity index (χ0n) is 9.01. The number of primary amides is 1. The molecule has 0 saturated carbocycles. The van der Waals surface area contributed by atoms with Gasteiger partial charge in [0, 0.05) is 12.2 Å². The van der Waals surface area contributed by atoms with Crippen molar-refractivity contribution in [2.75, 3.05) is 18.6 Å². The predicted molar refractivity (Wildman–Crippen MR) is 60.2 cm³/mol. The van der Waals surface area contributed by atoms with Gasteiger partial charge in [0.1, 0.15) is 5.75 Å². The molecule has 1 aromatic carbocycles. The maximum absolute atomic E-state index is 11.2. The van der Waals surface area contributed by atoms with E-state index in [-0.39, 0.29) is 13.0 Å². The van der Waals surface area contributed by atoms with Gasteiger partial charge in [0.2, 0.25) is 0 Å². The molecule has 0 spiro atoms. The van der Waals surface area contributed by atoms with Crippen molar-refractivity contribution >= 4 is 11.7 Å². The van der Waals surface area contributed by atoms with Gasteiger partial charge in [0.05, 0.1) is 19.6 Å². The molecule has 16 heavy (non-hydrogen) atoms. The molecular weight excluding hydrogens is 206 g/mol. The Labute approximate surface area is 94.0 Å². The smallest absolute Gasteiger partial charge is 0.319 e. The van der Waals surface area contributed by atoms with Crippen LogP contribution in [-0.4, -0.2) is 19.7 Å². The predicted octanol–water partition coefficient (Wildman–Crippen LogP) is 1.49.